The number of nitrogens with one attached hydrogen (secondary N) is 2. The number of benzene rings is 2. The minimum absolute atomic E-state index is 0.248. The molecule has 5 rings (SSSR count). The number of pyridine rings is 1. The first-order valence-electron chi connectivity index (χ1n) is 10.6. The Balaban J connectivity index is 1.40. The molecule has 2 aromatic heterocycles. The molecule has 2 aromatic carbocycles. The second-order valence-electron chi connectivity index (χ2n) is 8.34. The fourth-order valence-corrected chi connectivity index (χ4v) is 4.28. The molecule has 0 spiro atoms. The van der Waals surface area contributed by atoms with Gasteiger partial charge in [-0.3, -0.25) is 4.79 Å². The van der Waals surface area contributed by atoms with Gasteiger partial charge in [-0.15, -0.1) is 0 Å². The number of hydrogen-bond donors (Lipinski definition) is 2. The number of fused-ring (bicyclic) bond motifs is 1. The lowest BCUT2D eigenvalue weighted by molar-refractivity contribution is -0.137. The van der Waals surface area contributed by atoms with Gasteiger partial charge in [-0.25, -0.2) is 9.97 Å². The molecule has 0 radical (unpaired) electrons. The molecule has 1 fully saturated rings. The number of aromatic nitrogens is 3. The number of halogens is 3. The summed E-state index contributed by atoms with van der Waals surface area (Å²) in [6, 6.07) is 16.8. The maximum absolute atomic E-state index is 13.1. The smallest absolute Gasteiger partial charge is 0.340 e. The van der Waals surface area contributed by atoms with Crippen LogP contribution in [0, 0.1) is 11.3 Å². The van der Waals surface area contributed by atoms with Crippen molar-refractivity contribution in [1.29, 1.82) is 5.26 Å². The van der Waals surface area contributed by atoms with E-state index >= 15 is 0 Å². The number of hydrogen-bond acceptors (Lipinski definition) is 4. The number of carbonyl (C=O) groups excluding carboxylic acids is 1. The molecule has 0 unspecified atom stereocenters. The monoisotopic (exact) mass is 461 g/mol. The summed E-state index contributed by atoms with van der Waals surface area (Å²) in [5.74, 6) is 0.262. The average Bonchev–Trinajstić information content (AvgIpc) is 3.22. The summed E-state index contributed by atoms with van der Waals surface area (Å²) in [6.45, 7) is 0. The molecule has 1 saturated carbocycles. The first-order valence-corrected chi connectivity index (χ1v) is 10.6. The van der Waals surface area contributed by atoms with E-state index < -0.39 is 17.2 Å². The van der Waals surface area contributed by atoms with E-state index in [1.54, 1.807) is 30.3 Å². The SMILES string of the molecule is N#Cc1cccc(C(=O)Nc2ccc(C3(c4nc5ncc(C(F)(F)F)cc5[nH]4)CCC3)cc2)c1. The predicted molar refractivity (Wildman–Crippen MR) is 119 cm³/mol. The number of carbonyl (C=O) groups is 1. The highest BCUT2D eigenvalue weighted by Gasteiger charge is 2.43. The van der Waals surface area contributed by atoms with Crippen LogP contribution in [0.5, 0.6) is 0 Å². The molecule has 1 aliphatic carbocycles. The first-order chi connectivity index (χ1) is 16.3. The topological polar surface area (TPSA) is 94.5 Å². The Labute approximate surface area is 192 Å². The third-order valence-electron chi connectivity index (χ3n) is 6.27. The molecule has 2 heterocycles. The van der Waals surface area contributed by atoms with Crippen molar-refractivity contribution in [3.8, 4) is 6.07 Å². The standard InChI is InChI=1S/C25H18F3N5O/c26-25(27,28)18-12-20-21(30-14-18)33-23(32-20)24(9-2-10-24)17-5-7-19(8-6-17)31-22(34)16-4-1-3-15(11-16)13-29/h1,3-8,11-12,14H,2,9-10H2,(H,31,34)(H,30,32,33). The maximum Gasteiger partial charge on any atom is 0.417 e. The third-order valence-corrected chi connectivity index (χ3v) is 6.27. The molecule has 170 valence electrons. The third kappa shape index (κ3) is 3.77. The minimum atomic E-state index is -4.48. The molecular formula is C25H18F3N5O. The molecule has 0 aliphatic heterocycles. The van der Waals surface area contributed by atoms with E-state index in [-0.39, 0.29) is 17.1 Å². The molecule has 9 heteroatoms. The highest BCUT2D eigenvalue weighted by molar-refractivity contribution is 6.04. The highest BCUT2D eigenvalue weighted by Crippen LogP contribution is 2.48. The molecule has 2 N–H and O–H groups in total. The van der Waals surface area contributed by atoms with Crippen LogP contribution in [0.4, 0.5) is 18.9 Å². The van der Waals surface area contributed by atoms with Gasteiger partial charge in [-0.1, -0.05) is 24.6 Å². The van der Waals surface area contributed by atoms with Gasteiger partial charge in [0.2, 0.25) is 0 Å². The summed E-state index contributed by atoms with van der Waals surface area (Å²) < 4.78 is 39.2. The lowest BCUT2D eigenvalue weighted by Gasteiger charge is -2.40. The van der Waals surface area contributed by atoms with E-state index in [0.717, 1.165) is 37.1 Å². The van der Waals surface area contributed by atoms with E-state index in [1.807, 2.05) is 18.2 Å². The summed E-state index contributed by atoms with van der Waals surface area (Å²) in [5, 5.41) is 11.8. The number of amides is 1. The van der Waals surface area contributed by atoms with Crippen LogP contribution in [0.15, 0.2) is 60.8 Å². The van der Waals surface area contributed by atoms with Gasteiger partial charge in [0, 0.05) is 17.4 Å². The van der Waals surface area contributed by atoms with Gasteiger partial charge in [-0.2, -0.15) is 18.4 Å². The van der Waals surface area contributed by atoms with Gasteiger partial charge < -0.3 is 10.3 Å². The summed E-state index contributed by atoms with van der Waals surface area (Å²) in [5.41, 5.74) is 1.56. The van der Waals surface area contributed by atoms with Gasteiger partial charge >= 0.3 is 6.18 Å². The lowest BCUT2D eigenvalue weighted by Crippen LogP contribution is -2.36. The number of rotatable bonds is 4. The normalized spacial score (nSPS) is 14.9. The van der Waals surface area contributed by atoms with Gasteiger partial charge in [-0.05, 0) is 54.8 Å². The Hall–Kier alpha value is -4.19. The number of H-pyrrole nitrogens is 1. The molecule has 4 aromatic rings. The van der Waals surface area contributed by atoms with Crippen molar-refractivity contribution < 1.29 is 18.0 Å². The van der Waals surface area contributed by atoms with Gasteiger partial charge in [0.25, 0.3) is 5.91 Å². The van der Waals surface area contributed by atoms with Crippen LogP contribution < -0.4 is 5.32 Å². The summed E-state index contributed by atoms with van der Waals surface area (Å²) in [6.07, 6.45) is -1.12. The summed E-state index contributed by atoms with van der Waals surface area (Å²) in [7, 11) is 0. The first kappa shape index (κ1) is 21.6. The molecular weight excluding hydrogens is 443 g/mol. The van der Waals surface area contributed by atoms with E-state index in [0.29, 0.717) is 22.6 Å². The van der Waals surface area contributed by atoms with E-state index in [1.165, 1.54) is 6.07 Å². The van der Waals surface area contributed by atoms with Crippen molar-refractivity contribution in [3.05, 3.63) is 88.9 Å². The van der Waals surface area contributed by atoms with Crippen LogP contribution in [0.1, 0.15) is 52.1 Å². The van der Waals surface area contributed by atoms with Crippen LogP contribution in [0.25, 0.3) is 11.2 Å². The fraction of sp³-hybridized carbons (Fsp3) is 0.200. The number of imidazole rings is 1. The van der Waals surface area contributed by atoms with E-state index in [4.69, 9.17) is 5.26 Å². The molecule has 0 bridgehead atoms. The van der Waals surface area contributed by atoms with Crippen LogP contribution in [0.3, 0.4) is 0 Å². The second kappa shape index (κ2) is 7.99. The Morgan fingerprint density at radius 1 is 1.12 bits per heavy atom. The van der Waals surface area contributed by atoms with Crippen LogP contribution >= 0.6 is 0 Å². The van der Waals surface area contributed by atoms with Crippen molar-refractivity contribution in [2.24, 2.45) is 0 Å². The number of alkyl halides is 3. The van der Waals surface area contributed by atoms with E-state index in [9.17, 15) is 18.0 Å². The number of aromatic amines is 1. The van der Waals surface area contributed by atoms with Gasteiger partial charge in [0.05, 0.1) is 28.1 Å². The molecule has 6 nitrogen and oxygen atoms in total. The van der Waals surface area contributed by atoms with Gasteiger partial charge in [0.1, 0.15) is 5.82 Å². The molecule has 1 amide bonds. The Bertz CT molecular complexity index is 1430. The number of anilines is 1. The van der Waals surface area contributed by atoms with Crippen LogP contribution in [-0.2, 0) is 11.6 Å². The zero-order chi connectivity index (χ0) is 23.9. The summed E-state index contributed by atoms with van der Waals surface area (Å²) >= 11 is 0. The van der Waals surface area contributed by atoms with Crippen molar-refractivity contribution in [3.63, 3.8) is 0 Å². The number of nitriles is 1. The average molecular weight is 461 g/mol. The molecule has 0 atom stereocenters. The lowest BCUT2D eigenvalue weighted by atomic mass is 9.64. The second-order valence-corrected chi connectivity index (χ2v) is 8.34. The Kier molecular flexibility index (Phi) is 5.09. The Morgan fingerprint density at radius 3 is 2.53 bits per heavy atom. The van der Waals surface area contributed by atoms with Crippen LogP contribution in [-0.4, -0.2) is 20.9 Å². The maximum atomic E-state index is 13.1. The minimum Gasteiger partial charge on any atom is -0.340 e. The van der Waals surface area contributed by atoms with Crippen molar-refractivity contribution in [2.75, 3.05) is 5.32 Å². The molecule has 1 aliphatic rings. The number of nitrogens with zero attached hydrogens (tertiary/aromatic N) is 3. The van der Waals surface area contributed by atoms with Gasteiger partial charge in [0.15, 0.2) is 5.65 Å². The zero-order valence-electron chi connectivity index (χ0n) is 17.8. The highest BCUT2D eigenvalue weighted by atomic mass is 19.4. The largest absolute Gasteiger partial charge is 0.417 e. The van der Waals surface area contributed by atoms with Crippen molar-refractivity contribution in [2.45, 2.75) is 30.9 Å². The Morgan fingerprint density at radius 2 is 1.88 bits per heavy atom. The van der Waals surface area contributed by atoms with E-state index in [2.05, 4.69) is 20.3 Å². The quantitative estimate of drug-likeness (QED) is 0.415. The van der Waals surface area contributed by atoms with Crippen LogP contribution in [0.2, 0.25) is 0 Å². The molecule has 34 heavy (non-hydrogen) atoms. The fourth-order valence-electron chi connectivity index (χ4n) is 4.28. The molecule has 0 saturated heterocycles. The zero-order valence-corrected chi connectivity index (χ0v) is 17.8. The van der Waals surface area contributed by atoms with Crippen molar-refractivity contribution in [1.82, 2.24) is 15.0 Å². The summed E-state index contributed by atoms with van der Waals surface area (Å²) in [4.78, 5) is 24.0. The van der Waals surface area contributed by atoms with Crippen molar-refractivity contribution >= 4 is 22.8 Å². The predicted octanol–water partition coefficient (Wildman–Crippen LogP) is 5.57.